The fourth-order valence-corrected chi connectivity index (χ4v) is 3.19. The van der Waals surface area contributed by atoms with Crippen molar-refractivity contribution in [3.05, 3.63) is 41.1 Å². The van der Waals surface area contributed by atoms with E-state index < -0.39 is 23.6 Å². The van der Waals surface area contributed by atoms with Crippen molar-refractivity contribution in [2.24, 2.45) is 5.92 Å². The van der Waals surface area contributed by atoms with Gasteiger partial charge in [-0.25, -0.2) is 0 Å². The lowest BCUT2D eigenvalue weighted by Gasteiger charge is -2.38. The minimum atomic E-state index is -4.40. The van der Waals surface area contributed by atoms with Crippen molar-refractivity contribution in [1.82, 2.24) is 5.32 Å². The lowest BCUT2D eigenvalue weighted by molar-refractivity contribution is -0.142. The number of benzene rings is 1. The highest BCUT2D eigenvalue weighted by Crippen LogP contribution is 2.37. The van der Waals surface area contributed by atoms with Crippen molar-refractivity contribution in [3.63, 3.8) is 0 Å². The zero-order valence-corrected chi connectivity index (χ0v) is 12.4. The molecule has 2 N–H and O–H groups in total. The quantitative estimate of drug-likeness (QED) is 0.876. The summed E-state index contributed by atoms with van der Waals surface area (Å²) in [5.41, 5.74) is 1.67. The molecule has 1 unspecified atom stereocenters. The minimum Gasteiger partial charge on any atom is -0.481 e. The Labute approximate surface area is 131 Å². The number of carboxylic acid groups (broad SMARTS) is 1. The number of nitrogens with zero attached hydrogens (tertiary/aromatic N) is 1. The molecular formula is C16H17F3N2O2. The van der Waals surface area contributed by atoms with E-state index in [0.29, 0.717) is 38.2 Å². The molecule has 0 spiro atoms. The highest BCUT2D eigenvalue weighted by atomic mass is 19.4. The molecule has 1 atom stereocenters. The van der Waals surface area contributed by atoms with Crippen molar-refractivity contribution in [2.45, 2.75) is 25.4 Å². The summed E-state index contributed by atoms with van der Waals surface area (Å²) in [5, 5.41) is 12.4. The van der Waals surface area contributed by atoms with Crippen LogP contribution in [0, 0.1) is 5.92 Å². The summed E-state index contributed by atoms with van der Waals surface area (Å²) >= 11 is 0. The molecule has 0 radical (unpaired) electrons. The first-order valence-corrected chi connectivity index (χ1v) is 7.45. The van der Waals surface area contributed by atoms with E-state index in [1.807, 2.05) is 0 Å². The molecule has 23 heavy (non-hydrogen) atoms. The molecule has 7 heteroatoms. The summed E-state index contributed by atoms with van der Waals surface area (Å²) in [4.78, 5) is 13.0. The highest BCUT2D eigenvalue weighted by molar-refractivity contribution is 5.71. The summed E-state index contributed by atoms with van der Waals surface area (Å²) in [6.45, 7) is 1.05. The van der Waals surface area contributed by atoms with Crippen molar-refractivity contribution in [2.75, 3.05) is 18.1 Å². The minimum absolute atomic E-state index is 0.364. The Morgan fingerprint density at radius 1 is 1.35 bits per heavy atom. The van der Waals surface area contributed by atoms with Gasteiger partial charge in [0, 0.05) is 24.4 Å². The van der Waals surface area contributed by atoms with Gasteiger partial charge in [0.05, 0.1) is 18.2 Å². The van der Waals surface area contributed by atoms with Gasteiger partial charge in [-0.1, -0.05) is 6.07 Å². The second-order valence-corrected chi connectivity index (χ2v) is 5.89. The van der Waals surface area contributed by atoms with Crippen molar-refractivity contribution in [1.29, 1.82) is 0 Å². The fraction of sp³-hybridized carbons (Fsp3) is 0.438. The van der Waals surface area contributed by atoms with Crippen molar-refractivity contribution >= 4 is 11.7 Å². The maximum Gasteiger partial charge on any atom is 0.416 e. The lowest BCUT2D eigenvalue weighted by Crippen LogP contribution is -2.43. The number of aliphatic carboxylic acids is 1. The summed E-state index contributed by atoms with van der Waals surface area (Å²) < 4.78 is 38.7. The number of hydrogen-bond acceptors (Lipinski definition) is 3. The first kappa shape index (κ1) is 15.9. The zero-order valence-electron chi connectivity index (χ0n) is 12.4. The van der Waals surface area contributed by atoms with Crippen LogP contribution < -0.4 is 10.2 Å². The monoisotopic (exact) mass is 326 g/mol. The van der Waals surface area contributed by atoms with E-state index in [0.717, 1.165) is 23.4 Å². The van der Waals surface area contributed by atoms with Crippen LogP contribution in [-0.4, -0.2) is 24.3 Å². The van der Waals surface area contributed by atoms with Gasteiger partial charge in [0.15, 0.2) is 0 Å². The molecule has 0 aromatic heterocycles. The van der Waals surface area contributed by atoms with Gasteiger partial charge < -0.3 is 10.0 Å². The van der Waals surface area contributed by atoms with Gasteiger partial charge in [0.1, 0.15) is 0 Å². The molecule has 0 bridgehead atoms. The molecule has 1 aliphatic heterocycles. The predicted molar refractivity (Wildman–Crippen MR) is 78.8 cm³/mol. The SMILES string of the molecule is O=C(O)C1CCC2=C(C1)N(c1cccc(C(F)(F)F)c1)CNC2. The van der Waals surface area contributed by atoms with Gasteiger partial charge in [0.25, 0.3) is 0 Å². The lowest BCUT2D eigenvalue weighted by atomic mass is 9.85. The standard InChI is InChI=1S/C16H17F3N2O2/c17-16(18,19)12-2-1-3-13(7-12)21-9-20-8-11-5-4-10(15(22)23)6-14(11)21/h1-3,7,10,20H,4-6,8-9H2,(H,22,23). The molecule has 1 aromatic carbocycles. The Kier molecular flexibility index (Phi) is 4.06. The Balaban J connectivity index is 1.94. The van der Waals surface area contributed by atoms with Crippen LogP contribution in [0.5, 0.6) is 0 Å². The van der Waals surface area contributed by atoms with Gasteiger partial charge in [-0.05, 0) is 36.6 Å². The molecule has 0 saturated carbocycles. The number of nitrogens with one attached hydrogen (secondary N) is 1. The Hall–Kier alpha value is -2.02. The van der Waals surface area contributed by atoms with E-state index in [1.165, 1.54) is 6.07 Å². The average Bonchev–Trinajstić information content (AvgIpc) is 2.53. The number of carboxylic acids is 1. The van der Waals surface area contributed by atoms with E-state index in [4.69, 9.17) is 0 Å². The van der Waals surface area contributed by atoms with Crippen LogP contribution in [0.15, 0.2) is 35.5 Å². The van der Waals surface area contributed by atoms with Crippen LogP contribution in [0.3, 0.4) is 0 Å². The summed E-state index contributed by atoms with van der Waals surface area (Å²) in [5.74, 6) is -1.32. The van der Waals surface area contributed by atoms with E-state index in [9.17, 15) is 23.1 Å². The molecular weight excluding hydrogens is 309 g/mol. The Bertz CT molecular complexity index is 655. The fourth-order valence-electron chi connectivity index (χ4n) is 3.19. The van der Waals surface area contributed by atoms with Gasteiger partial charge in [-0.15, -0.1) is 0 Å². The predicted octanol–water partition coefficient (Wildman–Crippen LogP) is 3.21. The maximum atomic E-state index is 12.9. The molecule has 2 aliphatic rings. The largest absolute Gasteiger partial charge is 0.481 e. The van der Waals surface area contributed by atoms with E-state index in [-0.39, 0.29) is 0 Å². The molecule has 124 valence electrons. The van der Waals surface area contributed by atoms with Crippen molar-refractivity contribution < 1.29 is 23.1 Å². The first-order valence-electron chi connectivity index (χ1n) is 7.45. The molecule has 1 heterocycles. The van der Waals surface area contributed by atoms with Crippen LogP contribution in [0.2, 0.25) is 0 Å². The number of hydrogen-bond donors (Lipinski definition) is 2. The van der Waals surface area contributed by atoms with Crippen LogP contribution in [0.25, 0.3) is 0 Å². The van der Waals surface area contributed by atoms with Gasteiger partial charge in [-0.2, -0.15) is 13.2 Å². The van der Waals surface area contributed by atoms with Crippen LogP contribution in [-0.2, 0) is 11.0 Å². The molecule has 3 rings (SSSR count). The zero-order chi connectivity index (χ0) is 16.6. The van der Waals surface area contributed by atoms with Crippen LogP contribution in [0.4, 0.5) is 18.9 Å². The number of carbonyl (C=O) groups is 1. The third-order valence-corrected chi connectivity index (χ3v) is 4.41. The van der Waals surface area contributed by atoms with Crippen LogP contribution in [0.1, 0.15) is 24.8 Å². The normalized spacial score (nSPS) is 22.0. The molecule has 0 amide bonds. The summed E-state index contributed by atoms with van der Waals surface area (Å²) in [6, 6.07) is 5.15. The number of anilines is 1. The number of halogens is 3. The van der Waals surface area contributed by atoms with Crippen molar-refractivity contribution in [3.8, 4) is 0 Å². The first-order chi connectivity index (χ1) is 10.9. The second-order valence-electron chi connectivity index (χ2n) is 5.89. The van der Waals surface area contributed by atoms with E-state index >= 15 is 0 Å². The number of rotatable bonds is 2. The second kappa shape index (κ2) is 5.88. The molecule has 1 aromatic rings. The molecule has 0 fully saturated rings. The molecule has 1 aliphatic carbocycles. The van der Waals surface area contributed by atoms with Gasteiger partial charge in [0.2, 0.25) is 0 Å². The van der Waals surface area contributed by atoms with Gasteiger partial charge in [-0.3, -0.25) is 10.1 Å². The molecule has 0 saturated heterocycles. The van der Waals surface area contributed by atoms with Gasteiger partial charge >= 0.3 is 12.1 Å². The van der Waals surface area contributed by atoms with E-state index in [2.05, 4.69) is 5.32 Å². The highest BCUT2D eigenvalue weighted by Gasteiger charge is 2.33. The topological polar surface area (TPSA) is 52.6 Å². The third kappa shape index (κ3) is 3.19. The Morgan fingerprint density at radius 2 is 2.13 bits per heavy atom. The summed E-state index contributed by atoms with van der Waals surface area (Å²) in [6.07, 6.45) is -2.80. The smallest absolute Gasteiger partial charge is 0.416 e. The van der Waals surface area contributed by atoms with Crippen LogP contribution >= 0.6 is 0 Å². The number of alkyl halides is 3. The summed E-state index contributed by atoms with van der Waals surface area (Å²) in [7, 11) is 0. The molecule has 4 nitrogen and oxygen atoms in total. The maximum absolute atomic E-state index is 12.9. The average molecular weight is 326 g/mol. The van der Waals surface area contributed by atoms with E-state index in [1.54, 1.807) is 11.0 Å². The third-order valence-electron chi connectivity index (χ3n) is 4.41. The Morgan fingerprint density at radius 3 is 2.83 bits per heavy atom. The number of allylic oxidation sites excluding steroid dienone is 1.